The van der Waals surface area contributed by atoms with Gasteiger partial charge in [0.05, 0.1) is 24.9 Å². The van der Waals surface area contributed by atoms with E-state index >= 15 is 0 Å². The minimum Gasteiger partial charge on any atom is -0.455 e. The molecule has 0 amide bonds. The van der Waals surface area contributed by atoms with E-state index in [0.717, 1.165) is 55.3 Å². The molecule has 0 aliphatic rings. The van der Waals surface area contributed by atoms with Crippen molar-refractivity contribution in [3.63, 3.8) is 0 Å². The maximum atomic E-state index is 9.21. The molecule has 0 N–H and O–H groups in total. The summed E-state index contributed by atoms with van der Waals surface area (Å²) in [4.78, 5) is 14.9. The zero-order valence-electron chi connectivity index (χ0n) is 35.7. The quantitative estimate of drug-likeness (QED) is 0.171. The first-order chi connectivity index (χ1) is 30.2. The Balaban J connectivity index is 1.20. The summed E-state index contributed by atoms with van der Waals surface area (Å²) in [6.45, 7) is 0. The summed E-state index contributed by atoms with van der Waals surface area (Å²) in [7, 11) is 0. The largest absolute Gasteiger partial charge is 0.455 e. The lowest BCUT2D eigenvalue weighted by molar-refractivity contribution is 0.670. The molecule has 5 heteroatoms. The highest BCUT2D eigenvalue weighted by Crippen LogP contribution is 2.41. The van der Waals surface area contributed by atoms with Crippen LogP contribution in [0.2, 0.25) is 0 Å². The second kappa shape index (κ2) is 13.0. The number of hydrogen-bond donors (Lipinski definition) is 0. The van der Waals surface area contributed by atoms with Crippen LogP contribution in [0.1, 0.15) is 8.22 Å². The lowest BCUT2D eigenvalue weighted by atomic mass is 9.95. The molecule has 0 saturated heterocycles. The highest BCUT2D eigenvalue weighted by atomic mass is 16.3. The standard InChI is InChI=1S/C51H32N4O/c1-3-15-33(16-4-1)49-52-50(34-17-5-2-6-18-34)54-51(53-49)37-20-13-19-35(31-37)43-32-36(38-24-14-25-42-41-23-9-12-28-47(41)56-48(38)42)29-30-46(43)55-44-26-10-7-21-39(44)40-22-8-11-27-45(40)55/h1-32H/i7D,8D,21D,22D,26D,27D. The summed E-state index contributed by atoms with van der Waals surface area (Å²) in [5.74, 6) is 1.52. The molecule has 5 nitrogen and oxygen atoms in total. The van der Waals surface area contributed by atoms with Crippen LogP contribution in [0.25, 0.3) is 106 Å². The van der Waals surface area contributed by atoms with Crippen molar-refractivity contribution in [3.8, 4) is 62.1 Å². The second-order valence-corrected chi connectivity index (χ2v) is 13.5. The molecule has 11 aromatic rings. The number of para-hydroxylation sites is 4. The maximum Gasteiger partial charge on any atom is 0.164 e. The van der Waals surface area contributed by atoms with Gasteiger partial charge in [-0.05, 0) is 47.5 Å². The van der Waals surface area contributed by atoms with Gasteiger partial charge in [-0.25, -0.2) is 15.0 Å². The van der Waals surface area contributed by atoms with Gasteiger partial charge in [0, 0.05) is 49.4 Å². The highest BCUT2D eigenvalue weighted by Gasteiger charge is 2.20. The summed E-state index contributed by atoms with van der Waals surface area (Å²) in [6.07, 6.45) is 0. The first-order valence-electron chi connectivity index (χ1n) is 21.3. The van der Waals surface area contributed by atoms with Crippen LogP contribution in [-0.4, -0.2) is 19.5 Å². The average molecular weight is 723 g/mol. The van der Waals surface area contributed by atoms with Crippen LogP contribution in [-0.2, 0) is 0 Å². The van der Waals surface area contributed by atoms with E-state index in [2.05, 4.69) is 6.07 Å². The van der Waals surface area contributed by atoms with E-state index in [4.69, 9.17) is 24.9 Å². The monoisotopic (exact) mass is 722 g/mol. The fourth-order valence-electron chi connectivity index (χ4n) is 7.62. The molecule has 11 rings (SSSR count). The Hall–Kier alpha value is -7.63. The molecular formula is C51H32N4O. The first kappa shape index (κ1) is 26.2. The predicted octanol–water partition coefficient (Wildman–Crippen LogP) is 13.2. The zero-order chi connectivity index (χ0) is 42.2. The molecule has 0 atom stereocenters. The highest BCUT2D eigenvalue weighted by molar-refractivity contribution is 6.11. The fraction of sp³-hybridized carbons (Fsp3) is 0. The molecule has 0 bridgehead atoms. The van der Waals surface area contributed by atoms with Gasteiger partial charge in [0.1, 0.15) is 11.2 Å². The van der Waals surface area contributed by atoms with Crippen LogP contribution in [0.5, 0.6) is 0 Å². The lowest BCUT2D eigenvalue weighted by Gasteiger charge is -2.17. The molecule has 0 aliphatic carbocycles. The number of benzene rings is 8. The Labute approximate surface area is 331 Å². The Morgan fingerprint density at radius 1 is 0.411 bits per heavy atom. The van der Waals surface area contributed by atoms with Gasteiger partial charge in [-0.3, -0.25) is 0 Å². The number of fused-ring (bicyclic) bond motifs is 6. The van der Waals surface area contributed by atoms with Crippen LogP contribution in [0, 0.1) is 0 Å². The van der Waals surface area contributed by atoms with Gasteiger partial charge in [-0.2, -0.15) is 0 Å². The third-order valence-electron chi connectivity index (χ3n) is 10.2. The van der Waals surface area contributed by atoms with Crippen LogP contribution >= 0.6 is 0 Å². The summed E-state index contributed by atoms with van der Waals surface area (Å²) in [6, 6.07) is 49.3. The molecule has 262 valence electrons. The molecule has 56 heavy (non-hydrogen) atoms. The second-order valence-electron chi connectivity index (χ2n) is 13.5. The van der Waals surface area contributed by atoms with Crippen LogP contribution in [0.3, 0.4) is 0 Å². The normalized spacial score (nSPS) is 13.1. The van der Waals surface area contributed by atoms with Gasteiger partial charge in [0.2, 0.25) is 0 Å². The van der Waals surface area contributed by atoms with E-state index in [9.17, 15) is 2.74 Å². The van der Waals surface area contributed by atoms with Gasteiger partial charge >= 0.3 is 0 Å². The van der Waals surface area contributed by atoms with Gasteiger partial charge < -0.3 is 8.98 Å². The molecule has 8 aromatic carbocycles. The van der Waals surface area contributed by atoms with Crippen molar-refractivity contribution in [2.45, 2.75) is 0 Å². The molecule has 0 saturated carbocycles. The SMILES string of the molecule is [2H]c1cc([2H])c2c(c1[2H])c1c([2H])c([2H])cc([2H])c1n2-c1ccc(-c2cccc3c2oc2ccccc23)cc1-c1cccc(-c2nc(-c3ccccc3)nc(-c3ccccc3)n2)c1. The third kappa shape index (κ3) is 5.29. The molecule has 0 radical (unpaired) electrons. The van der Waals surface area contributed by atoms with Crippen molar-refractivity contribution >= 4 is 43.7 Å². The van der Waals surface area contributed by atoms with Crippen molar-refractivity contribution in [2.75, 3.05) is 0 Å². The van der Waals surface area contributed by atoms with Crippen LogP contribution < -0.4 is 0 Å². The maximum absolute atomic E-state index is 9.21. The van der Waals surface area contributed by atoms with Crippen molar-refractivity contribution in [1.29, 1.82) is 0 Å². The summed E-state index contributed by atoms with van der Waals surface area (Å²) < 4.78 is 61.9. The fourth-order valence-corrected chi connectivity index (χ4v) is 7.62. The van der Waals surface area contributed by atoms with Crippen LogP contribution in [0.15, 0.2) is 198 Å². The Morgan fingerprint density at radius 2 is 0.964 bits per heavy atom. The Bertz CT molecular complexity index is 3480. The van der Waals surface area contributed by atoms with E-state index in [1.807, 2.05) is 140 Å². The van der Waals surface area contributed by atoms with Crippen molar-refractivity contribution in [3.05, 3.63) is 194 Å². The third-order valence-corrected chi connectivity index (χ3v) is 10.2. The summed E-state index contributed by atoms with van der Waals surface area (Å²) in [5, 5.41) is 2.36. The topological polar surface area (TPSA) is 56.7 Å². The van der Waals surface area contributed by atoms with E-state index in [0.29, 0.717) is 28.7 Å². The number of furan rings is 1. The van der Waals surface area contributed by atoms with Gasteiger partial charge in [-0.1, -0.05) is 158 Å². The molecule has 3 heterocycles. The van der Waals surface area contributed by atoms with Gasteiger partial charge in [0.15, 0.2) is 17.5 Å². The number of nitrogens with zero attached hydrogens (tertiary/aromatic N) is 4. The number of aromatic nitrogens is 4. The van der Waals surface area contributed by atoms with Crippen molar-refractivity contribution in [2.24, 2.45) is 0 Å². The molecule has 0 spiro atoms. The van der Waals surface area contributed by atoms with Gasteiger partial charge in [0.25, 0.3) is 0 Å². The molecule has 0 fully saturated rings. The minimum absolute atomic E-state index is 0.0366. The molecule has 0 aliphatic heterocycles. The molecule has 0 unspecified atom stereocenters. The van der Waals surface area contributed by atoms with E-state index in [1.165, 1.54) is 12.1 Å². The summed E-state index contributed by atoms with van der Waals surface area (Å²) >= 11 is 0. The Morgan fingerprint density at radius 3 is 1.66 bits per heavy atom. The average Bonchev–Trinajstić information content (AvgIpc) is 3.88. The Kier molecular flexibility index (Phi) is 6.10. The molecule has 3 aromatic heterocycles. The van der Waals surface area contributed by atoms with Gasteiger partial charge in [-0.15, -0.1) is 0 Å². The van der Waals surface area contributed by atoms with Crippen molar-refractivity contribution in [1.82, 2.24) is 19.5 Å². The molecular weight excluding hydrogens is 685 g/mol. The first-order valence-corrected chi connectivity index (χ1v) is 18.3. The van der Waals surface area contributed by atoms with E-state index < -0.39 is 0 Å². The lowest BCUT2D eigenvalue weighted by Crippen LogP contribution is -2.01. The summed E-state index contributed by atoms with van der Waals surface area (Å²) in [5.41, 5.74) is 8.22. The smallest absolute Gasteiger partial charge is 0.164 e. The van der Waals surface area contributed by atoms with Crippen LogP contribution in [0.4, 0.5) is 0 Å². The van der Waals surface area contributed by atoms with Crippen molar-refractivity contribution < 1.29 is 12.6 Å². The number of hydrogen-bond acceptors (Lipinski definition) is 4. The predicted molar refractivity (Wildman–Crippen MR) is 229 cm³/mol. The minimum atomic E-state index is -0.174. The number of rotatable bonds is 6. The zero-order valence-corrected chi connectivity index (χ0v) is 29.7. The van der Waals surface area contributed by atoms with E-state index in [1.54, 1.807) is 4.57 Å². The van der Waals surface area contributed by atoms with E-state index in [-0.39, 0.29) is 58.1 Å².